The smallest absolute Gasteiger partial charge is 0.0622 e. The molecule has 1 aliphatic carbocycles. The Bertz CT molecular complexity index is 4710. The van der Waals surface area contributed by atoms with E-state index in [0.29, 0.717) is 0 Å². The summed E-state index contributed by atoms with van der Waals surface area (Å²) in [4.78, 5) is 0. The lowest BCUT2D eigenvalue weighted by molar-refractivity contribution is 0.770. The zero-order valence-electron chi connectivity index (χ0n) is 50.3. The predicted octanol–water partition coefficient (Wildman–Crippen LogP) is 24.4. The first kappa shape index (κ1) is 54.7. The molecule has 0 N–H and O–H groups in total. The Morgan fingerprint density at radius 1 is 0.132 bits per heavy atom. The molecule has 426 valence electrons. The summed E-state index contributed by atoms with van der Waals surface area (Å²) in [6.07, 6.45) is 0. The molecule has 0 aromatic heterocycles. The molecule has 15 aromatic rings. The first-order valence-corrected chi connectivity index (χ1v) is 31.5. The summed E-state index contributed by atoms with van der Waals surface area (Å²) in [7, 11) is 0. The monoisotopic (exact) mass is 1150 g/mol. The first-order chi connectivity index (χ1) is 45.1. The molecule has 15 aromatic carbocycles. The highest BCUT2D eigenvalue weighted by Gasteiger charge is 2.48. The van der Waals surface area contributed by atoms with Gasteiger partial charge in [-0.2, -0.15) is 0 Å². The highest BCUT2D eigenvalue weighted by Crippen LogP contribution is 2.61. The molecule has 0 radical (unpaired) electrons. The van der Waals surface area contributed by atoms with Crippen LogP contribution >= 0.6 is 0 Å². The van der Waals surface area contributed by atoms with Crippen LogP contribution in [-0.2, 0) is 5.41 Å². The molecular weight excluding hydrogens is 1090 g/mol. The lowest BCUT2D eigenvalue weighted by Gasteiger charge is -2.36. The van der Waals surface area contributed by atoms with Crippen molar-refractivity contribution < 1.29 is 0 Å². The average Bonchev–Trinajstić information content (AvgIpc) is 1.55. The van der Waals surface area contributed by atoms with Gasteiger partial charge in [-0.3, -0.25) is 0 Å². The fourth-order valence-electron chi connectivity index (χ4n) is 14.2. The number of hydrogen-bond acceptors (Lipinski definition) is 0. The topological polar surface area (TPSA) is 0 Å². The summed E-state index contributed by atoms with van der Waals surface area (Å²) in [6.45, 7) is 0. The second kappa shape index (κ2) is 23.8. The molecule has 1 aliphatic rings. The fourth-order valence-corrected chi connectivity index (χ4v) is 14.2. The first-order valence-electron chi connectivity index (χ1n) is 31.5. The number of rotatable bonds is 13. The van der Waals surface area contributed by atoms with Gasteiger partial charge < -0.3 is 0 Å². The second-order valence-electron chi connectivity index (χ2n) is 23.9. The molecule has 0 unspecified atom stereocenters. The summed E-state index contributed by atoms with van der Waals surface area (Å²) in [5, 5.41) is 0. The van der Waals surface area contributed by atoms with E-state index in [1.54, 1.807) is 0 Å². The molecule has 0 bridgehead atoms. The van der Waals surface area contributed by atoms with Crippen LogP contribution in [0.5, 0.6) is 0 Å². The molecule has 0 nitrogen and oxygen atoms in total. The summed E-state index contributed by atoms with van der Waals surface area (Å²) < 4.78 is 0. The Morgan fingerprint density at radius 3 is 0.758 bits per heavy atom. The molecule has 0 spiro atoms. The molecule has 0 fully saturated rings. The lowest BCUT2D eigenvalue weighted by atomic mass is 9.65. The van der Waals surface area contributed by atoms with Crippen LogP contribution in [0.3, 0.4) is 0 Å². The fraction of sp³-hybridized carbons (Fsp3) is 0.0110. The summed E-state index contributed by atoms with van der Waals surface area (Å²) in [5.41, 5.74) is 31.9. The summed E-state index contributed by atoms with van der Waals surface area (Å²) in [6, 6.07) is 140. The van der Waals surface area contributed by atoms with Crippen molar-refractivity contribution in [3.8, 4) is 134 Å². The van der Waals surface area contributed by atoms with Crippen molar-refractivity contribution >= 4 is 0 Å². The van der Waals surface area contributed by atoms with Gasteiger partial charge in [-0.25, -0.2) is 0 Å². The van der Waals surface area contributed by atoms with Gasteiger partial charge >= 0.3 is 0 Å². The molecular formula is C91H62. The van der Waals surface area contributed by atoms with Gasteiger partial charge in [0.1, 0.15) is 0 Å². The van der Waals surface area contributed by atoms with Crippen LogP contribution in [0.1, 0.15) is 22.3 Å². The summed E-state index contributed by atoms with van der Waals surface area (Å²) >= 11 is 0. The van der Waals surface area contributed by atoms with Crippen molar-refractivity contribution in [1.82, 2.24) is 0 Å². The Balaban J connectivity index is 1.06. The lowest BCUT2D eigenvalue weighted by Crippen LogP contribution is -2.29. The Labute approximate surface area is 534 Å². The molecule has 0 amide bonds. The van der Waals surface area contributed by atoms with Crippen molar-refractivity contribution in [2.24, 2.45) is 0 Å². The van der Waals surface area contributed by atoms with E-state index in [1.165, 1.54) is 106 Å². The number of hydrogen-bond donors (Lipinski definition) is 0. The van der Waals surface area contributed by atoms with Crippen molar-refractivity contribution in [2.75, 3.05) is 0 Å². The molecule has 0 saturated carbocycles. The molecule has 0 saturated heterocycles. The van der Waals surface area contributed by atoms with Crippen molar-refractivity contribution in [1.29, 1.82) is 0 Å². The van der Waals surface area contributed by atoms with Gasteiger partial charge in [0.25, 0.3) is 0 Å². The minimum Gasteiger partial charge on any atom is -0.0622 e. The maximum absolute atomic E-state index is 2.54. The van der Waals surface area contributed by atoms with Crippen LogP contribution < -0.4 is 0 Å². The van der Waals surface area contributed by atoms with Crippen LogP contribution in [-0.4, -0.2) is 0 Å². The normalized spacial score (nSPS) is 12.0. The predicted molar refractivity (Wildman–Crippen MR) is 384 cm³/mol. The molecule has 0 aliphatic heterocycles. The van der Waals surface area contributed by atoms with E-state index in [4.69, 9.17) is 0 Å². The van der Waals surface area contributed by atoms with Gasteiger partial charge in [0, 0.05) is 0 Å². The van der Waals surface area contributed by atoms with Crippen molar-refractivity contribution in [3.05, 3.63) is 398 Å². The molecule has 16 rings (SSSR count). The quantitative estimate of drug-likeness (QED) is 0.108. The zero-order chi connectivity index (χ0) is 60.5. The molecule has 91 heavy (non-hydrogen) atoms. The van der Waals surface area contributed by atoms with Gasteiger partial charge in [-0.1, -0.05) is 309 Å². The maximum atomic E-state index is 2.54. The van der Waals surface area contributed by atoms with Crippen LogP contribution in [0.2, 0.25) is 0 Å². The van der Waals surface area contributed by atoms with Crippen molar-refractivity contribution in [3.63, 3.8) is 0 Å². The van der Waals surface area contributed by atoms with Crippen LogP contribution in [0, 0.1) is 0 Å². The van der Waals surface area contributed by atoms with E-state index in [1.807, 2.05) is 0 Å². The van der Waals surface area contributed by atoms with Crippen LogP contribution in [0.25, 0.3) is 134 Å². The second-order valence-corrected chi connectivity index (χ2v) is 23.9. The third kappa shape index (κ3) is 10.3. The average molecular weight is 1160 g/mol. The van der Waals surface area contributed by atoms with Crippen molar-refractivity contribution in [2.45, 2.75) is 5.41 Å². The largest absolute Gasteiger partial charge is 0.0714 e. The number of benzene rings is 15. The highest BCUT2D eigenvalue weighted by atomic mass is 14.5. The van der Waals surface area contributed by atoms with Crippen LogP contribution in [0.4, 0.5) is 0 Å². The van der Waals surface area contributed by atoms with E-state index >= 15 is 0 Å². The van der Waals surface area contributed by atoms with Gasteiger partial charge in [0.15, 0.2) is 0 Å². The third-order valence-corrected chi connectivity index (χ3v) is 18.5. The third-order valence-electron chi connectivity index (χ3n) is 18.5. The molecule has 0 heteroatoms. The maximum Gasteiger partial charge on any atom is 0.0714 e. The van der Waals surface area contributed by atoms with Gasteiger partial charge in [0.2, 0.25) is 0 Å². The van der Waals surface area contributed by atoms with E-state index in [9.17, 15) is 0 Å². The minimum absolute atomic E-state index is 0.940. The SMILES string of the molecule is c1ccc(-c2cccc(-c3cc(-c4cccc(-c5ccccc5)c4)cc(C4(c5cc(-c6cccc(-c7ccccc7)c6)cc(-c6cccc(-c7ccccc7)c6)c5)c5cc(-c6ccccc6)ccc5-c5c(-c6ccccc6-c6ccccc6)cccc54)c3)c2)cc1. The van der Waals surface area contributed by atoms with Gasteiger partial charge in [-0.15, -0.1) is 0 Å². The Hall–Kier alpha value is -11.7. The van der Waals surface area contributed by atoms with Gasteiger partial charge in [0.05, 0.1) is 5.41 Å². The highest BCUT2D eigenvalue weighted by molar-refractivity contribution is 6.01. The Morgan fingerprint density at radius 2 is 0.396 bits per heavy atom. The minimum atomic E-state index is -0.940. The molecule has 0 atom stereocenters. The van der Waals surface area contributed by atoms with Gasteiger partial charge in [-0.05, 0) is 223 Å². The van der Waals surface area contributed by atoms with E-state index in [2.05, 4.69) is 376 Å². The van der Waals surface area contributed by atoms with E-state index < -0.39 is 5.41 Å². The molecule has 0 heterocycles. The van der Waals surface area contributed by atoms with E-state index in [-0.39, 0.29) is 0 Å². The summed E-state index contributed by atoms with van der Waals surface area (Å²) in [5.74, 6) is 0. The zero-order valence-corrected chi connectivity index (χ0v) is 50.3. The standard InChI is InChI=1S/C91H62/c1-7-26-63(27-8-1)69-38-21-42-73(52-69)78-56-79(74-43-22-39-70(53-74)64-28-9-2-10-29-64)59-82(58-78)91(83-60-80(75-44-23-40-71(54-75)65-30-11-3-12-31-65)57-81(61-83)76-45-24-41-72(55-76)66-32-13-4-14-33-66)88-49-25-48-86(85-47-20-19-46-84(85)68-36-17-6-18-37-68)90(88)87-51-50-77(62-89(87)91)67-34-15-5-16-35-67/h1-62H. The van der Waals surface area contributed by atoms with E-state index in [0.717, 1.165) is 50.1 Å². The van der Waals surface area contributed by atoms with Crippen LogP contribution in [0.15, 0.2) is 376 Å². The number of fused-ring (bicyclic) bond motifs is 3. The Kier molecular flexibility index (Phi) is 14.3.